The summed E-state index contributed by atoms with van der Waals surface area (Å²) in [6, 6.07) is 20.1. The molecule has 0 aliphatic heterocycles. The van der Waals surface area contributed by atoms with Crippen LogP contribution < -0.4 is 5.32 Å². The highest BCUT2D eigenvalue weighted by atomic mass is 16.4. The molecule has 0 heterocycles. The van der Waals surface area contributed by atoms with Crippen molar-refractivity contribution in [2.45, 2.75) is 0 Å². The summed E-state index contributed by atoms with van der Waals surface area (Å²) in [5.41, 5.74) is 2.00. The van der Waals surface area contributed by atoms with Crippen LogP contribution in [-0.2, 0) is 0 Å². The Morgan fingerprint density at radius 2 is 1.15 bits per heavy atom. The minimum absolute atomic E-state index is 0.101. The van der Waals surface area contributed by atoms with Crippen LogP contribution >= 0.6 is 0 Å². The van der Waals surface area contributed by atoms with E-state index in [-0.39, 0.29) is 16.8 Å². The summed E-state index contributed by atoms with van der Waals surface area (Å²) >= 11 is 0. The lowest BCUT2D eigenvalue weighted by atomic mass is 10.0. The van der Waals surface area contributed by atoms with Gasteiger partial charge in [0.05, 0.1) is 11.1 Å². The van der Waals surface area contributed by atoms with Crippen molar-refractivity contribution in [1.82, 2.24) is 0 Å². The van der Waals surface area contributed by atoms with Crippen molar-refractivity contribution in [2.75, 3.05) is 5.32 Å². The monoisotopic (exact) mass is 361 g/mol. The second-order valence-electron chi connectivity index (χ2n) is 5.81. The fraction of sp³-hybridized carbons (Fsp3) is 0. The quantitative estimate of drug-likeness (QED) is 0.637. The number of anilines is 1. The number of carbonyl (C=O) groups is 3. The normalized spacial score (nSPS) is 10.2. The van der Waals surface area contributed by atoms with Crippen LogP contribution in [-0.4, -0.2) is 28.1 Å². The fourth-order valence-corrected chi connectivity index (χ4v) is 2.59. The number of rotatable bonds is 5. The molecule has 0 spiro atoms. The van der Waals surface area contributed by atoms with Crippen LogP contribution in [0.4, 0.5) is 5.69 Å². The van der Waals surface area contributed by atoms with E-state index in [1.54, 1.807) is 24.3 Å². The molecule has 0 bridgehead atoms. The topological polar surface area (TPSA) is 104 Å². The highest BCUT2D eigenvalue weighted by Gasteiger charge is 2.14. The zero-order valence-electron chi connectivity index (χ0n) is 14.0. The molecule has 0 aromatic heterocycles. The first-order valence-electron chi connectivity index (χ1n) is 8.02. The first kappa shape index (κ1) is 17.9. The van der Waals surface area contributed by atoms with Crippen LogP contribution in [0, 0.1) is 0 Å². The number of hydrogen-bond donors (Lipinski definition) is 3. The van der Waals surface area contributed by atoms with Crippen molar-refractivity contribution in [2.24, 2.45) is 0 Å². The molecule has 3 rings (SSSR count). The molecule has 0 atom stereocenters. The summed E-state index contributed by atoms with van der Waals surface area (Å²) < 4.78 is 0. The van der Waals surface area contributed by atoms with E-state index in [0.717, 1.165) is 17.2 Å². The molecule has 0 saturated carbocycles. The molecular formula is C21H15NO5. The minimum atomic E-state index is -1.28. The molecule has 3 aromatic rings. The Labute approximate surface area is 154 Å². The van der Waals surface area contributed by atoms with Gasteiger partial charge in [-0.2, -0.15) is 0 Å². The highest BCUT2D eigenvalue weighted by Crippen LogP contribution is 2.21. The van der Waals surface area contributed by atoms with Gasteiger partial charge >= 0.3 is 11.9 Å². The SMILES string of the molecule is O=C(O)c1cc(NC(=O)c2ccc(-c3ccccc3)cc2)cc(C(=O)O)c1. The lowest BCUT2D eigenvalue weighted by molar-refractivity contribution is 0.0696. The summed E-state index contributed by atoms with van der Waals surface area (Å²) in [6.45, 7) is 0. The number of carbonyl (C=O) groups excluding carboxylic acids is 1. The molecule has 6 nitrogen and oxygen atoms in total. The zero-order chi connectivity index (χ0) is 19.4. The molecule has 0 aliphatic rings. The van der Waals surface area contributed by atoms with E-state index >= 15 is 0 Å². The number of nitrogens with one attached hydrogen (secondary N) is 1. The van der Waals surface area contributed by atoms with Gasteiger partial charge in [-0.3, -0.25) is 4.79 Å². The van der Waals surface area contributed by atoms with E-state index < -0.39 is 17.8 Å². The van der Waals surface area contributed by atoms with E-state index in [4.69, 9.17) is 10.2 Å². The Morgan fingerprint density at radius 3 is 1.67 bits per heavy atom. The number of amides is 1. The highest BCUT2D eigenvalue weighted by molar-refractivity contribution is 6.06. The predicted octanol–water partition coefficient (Wildman–Crippen LogP) is 4.00. The number of carboxylic acids is 2. The Bertz CT molecular complexity index is 978. The van der Waals surface area contributed by atoms with Crippen LogP contribution in [0.15, 0.2) is 72.8 Å². The summed E-state index contributed by atoms with van der Waals surface area (Å²) in [7, 11) is 0. The molecule has 3 aromatic carbocycles. The summed E-state index contributed by atoms with van der Waals surface area (Å²) in [5.74, 6) is -3.02. The maximum Gasteiger partial charge on any atom is 0.335 e. The average Bonchev–Trinajstić information content (AvgIpc) is 2.68. The van der Waals surface area contributed by atoms with Gasteiger partial charge in [0.1, 0.15) is 0 Å². The van der Waals surface area contributed by atoms with Crippen molar-refractivity contribution >= 4 is 23.5 Å². The van der Waals surface area contributed by atoms with Gasteiger partial charge in [0.15, 0.2) is 0 Å². The van der Waals surface area contributed by atoms with Gasteiger partial charge in [-0.25, -0.2) is 9.59 Å². The fourth-order valence-electron chi connectivity index (χ4n) is 2.59. The van der Waals surface area contributed by atoms with Gasteiger partial charge in [0.25, 0.3) is 5.91 Å². The molecule has 0 saturated heterocycles. The van der Waals surface area contributed by atoms with Gasteiger partial charge in [0, 0.05) is 11.3 Å². The van der Waals surface area contributed by atoms with Crippen molar-refractivity contribution < 1.29 is 24.6 Å². The summed E-state index contributed by atoms with van der Waals surface area (Å²) in [4.78, 5) is 34.7. The van der Waals surface area contributed by atoms with Crippen molar-refractivity contribution in [3.8, 4) is 11.1 Å². The molecule has 0 radical (unpaired) electrons. The number of carboxylic acid groups (broad SMARTS) is 2. The van der Waals surface area contributed by atoms with Crippen LogP contribution in [0.1, 0.15) is 31.1 Å². The minimum Gasteiger partial charge on any atom is -0.478 e. The second kappa shape index (κ2) is 7.53. The van der Waals surface area contributed by atoms with Crippen LogP contribution in [0.5, 0.6) is 0 Å². The Hall–Kier alpha value is -3.93. The largest absolute Gasteiger partial charge is 0.478 e. The Kier molecular flexibility index (Phi) is 4.99. The molecule has 1 amide bonds. The van der Waals surface area contributed by atoms with E-state index in [9.17, 15) is 14.4 Å². The van der Waals surface area contributed by atoms with Gasteiger partial charge in [-0.15, -0.1) is 0 Å². The molecular weight excluding hydrogens is 346 g/mol. The zero-order valence-corrected chi connectivity index (χ0v) is 14.0. The van der Waals surface area contributed by atoms with E-state index in [1.165, 1.54) is 12.1 Å². The molecule has 0 unspecified atom stereocenters. The molecule has 6 heteroatoms. The lowest BCUT2D eigenvalue weighted by Gasteiger charge is -2.09. The molecule has 0 fully saturated rings. The molecule has 27 heavy (non-hydrogen) atoms. The molecule has 134 valence electrons. The number of benzene rings is 3. The van der Waals surface area contributed by atoms with Crippen LogP contribution in [0.3, 0.4) is 0 Å². The standard InChI is InChI=1S/C21H15NO5/c23-19(15-8-6-14(7-9-15)13-4-2-1-3-5-13)22-18-11-16(20(24)25)10-17(12-18)21(26)27/h1-12H,(H,22,23)(H,24,25)(H,26,27). The number of hydrogen-bond acceptors (Lipinski definition) is 3. The predicted molar refractivity (Wildman–Crippen MR) is 100 cm³/mol. The van der Waals surface area contributed by atoms with Gasteiger partial charge in [-0.05, 0) is 41.5 Å². The number of aromatic carboxylic acids is 2. The van der Waals surface area contributed by atoms with Crippen LogP contribution in [0.2, 0.25) is 0 Å². The molecule has 3 N–H and O–H groups in total. The van der Waals surface area contributed by atoms with Crippen molar-refractivity contribution in [1.29, 1.82) is 0 Å². The van der Waals surface area contributed by atoms with Gasteiger partial charge < -0.3 is 15.5 Å². The van der Waals surface area contributed by atoms with Crippen molar-refractivity contribution in [3.05, 3.63) is 89.5 Å². The second-order valence-corrected chi connectivity index (χ2v) is 5.81. The first-order chi connectivity index (χ1) is 12.9. The summed E-state index contributed by atoms with van der Waals surface area (Å²) in [5, 5.41) is 20.7. The maximum absolute atomic E-state index is 12.4. The van der Waals surface area contributed by atoms with Crippen LogP contribution in [0.25, 0.3) is 11.1 Å². The lowest BCUT2D eigenvalue weighted by Crippen LogP contribution is -2.13. The van der Waals surface area contributed by atoms with Gasteiger partial charge in [0.2, 0.25) is 0 Å². The van der Waals surface area contributed by atoms with E-state index in [1.807, 2.05) is 30.3 Å². The third-order valence-electron chi connectivity index (χ3n) is 3.94. The third kappa shape index (κ3) is 4.19. The first-order valence-corrected chi connectivity index (χ1v) is 8.02. The maximum atomic E-state index is 12.4. The van der Waals surface area contributed by atoms with Crippen molar-refractivity contribution in [3.63, 3.8) is 0 Å². The summed E-state index contributed by atoms with van der Waals surface area (Å²) in [6.07, 6.45) is 0. The van der Waals surface area contributed by atoms with E-state index in [0.29, 0.717) is 5.56 Å². The van der Waals surface area contributed by atoms with E-state index in [2.05, 4.69) is 5.32 Å². The Balaban J connectivity index is 1.83. The van der Waals surface area contributed by atoms with Gasteiger partial charge in [-0.1, -0.05) is 42.5 Å². The molecule has 0 aliphatic carbocycles. The average molecular weight is 361 g/mol. The third-order valence-corrected chi connectivity index (χ3v) is 3.94. The smallest absolute Gasteiger partial charge is 0.335 e. The Morgan fingerprint density at radius 1 is 0.630 bits per heavy atom.